The highest BCUT2D eigenvalue weighted by atomic mass is 16.5. The molecule has 3 aromatic carbocycles. The number of nitrogens with one attached hydrogen (secondary N) is 2. The lowest BCUT2D eigenvalue weighted by molar-refractivity contribution is 0.258. The molecule has 1 aliphatic rings. The number of ether oxygens (including phenoxy) is 1. The second kappa shape index (κ2) is 9.83. The Balaban J connectivity index is 1.56. The Bertz CT molecular complexity index is 1230. The number of aliphatic imine (C=N–C) groups is 1. The van der Waals surface area contributed by atoms with E-state index in [1.807, 2.05) is 36.4 Å². The van der Waals surface area contributed by atoms with Crippen LogP contribution in [0.4, 0.5) is 5.69 Å². The standard InChI is InChI=1S/C26H30N6O/c1-33-21-9-7-17-13-19(6-5-18(17)14-21)25(29)22-15-20(8-10-23(22)27)26(30)31-24(28)16-32-11-3-2-4-12-32/h5-10,13-15,29H,2-4,11-12,16,27H2,1H3,(H3,28,30,31). The smallest absolute Gasteiger partial charge is 0.153 e. The molecule has 7 nitrogen and oxygen atoms in total. The third-order valence-electron chi connectivity index (χ3n) is 6.02. The first-order chi connectivity index (χ1) is 15.9. The molecule has 0 bridgehead atoms. The van der Waals surface area contributed by atoms with Gasteiger partial charge < -0.3 is 16.2 Å². The number of nitrogens with zero attached hydrogens (tertiary/aromatic N) is 2. The number of rotatable bonds is 6. The topological polar surface area (TPSA) is 125 Å². The van der Waals surface area contributed by atoms with Gasteiger partial charge in [0.15, 0.2) is 5.84 Å². The quantitative estimate of drug-likeness (QED) is 0.261. The van der Waals surface area contributed by atoms with Gasteiger partial charge in [0.1, 0.15) is 11.6 Å². The molecule has 1 saturated heterocycles. The lowest BCUT2D eigenvalue weighted by Crippen LogP contribution is -2.37. The van der Waals surface area contributed by atoms with Crippen molar-refractivity contribution in [3.63, 3.8) is 0 Å². The van der Waals surface area contributed by atoms with Gasteiger partial charge in [-0.25, -0.2) is 4.99 Å². The van der Waals surface area contributed by atoms with Crippen molar-refractivity contribution in [1.82, 2.24) is 4.90 Å². The number of methoxy groups -OCH3 is 1. The third-order valence-corrected chi connectivity index (χ3v) is 6.02. The first-order valence-electron chi connectivity index (χ1n) is 11.2. The van der Waals surface area contributed by atoms with E-state index in [0.29, 0.717) is 34.9 Å². The molecule has 0 amide bonds. The predicted octanol–water partition coefficient (Wildman–Crippen LogP) is 4.02. The second-order valence-corrected chi connectivity index (χ2v) is 8.39. The van der Waals surface area contributed by atoms with E-state index in [1.165, 1.54) is 19.3 Å². The minimum Gasteiger partial charge on any atom is -0.497 e. The minimum absolute atomic E-state index is 0.0733. The Morgan fingerprint density at radius 3 is 2.39 bits per heavy atom. The van der Waals surface area contributed by atoms with E-state index < -0.39 is 0 Å². The molecule has 1 fully saturated rings. The maximum atomic E-state index is 8.77. The van der Waals surface area contributed by atoms with Gasteiger partial charge in [-0.15, -0.1) is 0 Å². The predicted molar refractivity (Wildman–Crippen MR) is 136 cm³/mol. The van der Waals surface area contributed by atoms with Crippen molar-refractivity contribution in [1.29, 1.82) is 10.8 Å². The van der Waals surface area contributed by atoms with Crippen molar-refractivity contribution < 1.29 is 4.74 Å². The van der Waals surface area contributed by atoms with Crippen LogP contribution in [-0.4, -0.2) is 49.0 Å². The lowest BCUT2D eigenvalue weighted by Gasteiger charge is -2.25. The van der Waals surface area contributed by atoms with Gasteiger partial charge >= 0.3 is 0 Å². The van der Waals surface area contributed by atoms with Gasteiger partial charge in [-0.05, 0) is 73.1 Å². The van der Waals surface area contributed by atoms with E-state index in [0.717, 1.165) is 35.2 Å². The Morgan fingerprint density at radius 1 is 0.939 bits per heavy atom. The fourth-order valence-corrected chi connectivity index (χ4v) is 4.17. The molecular formula is C26H30N6O. The summed E-state index contributed by atoms with van der Waals surface area (Å²) in [5.41, 5.74) is 15.0. The van der Waals surface area contributed by atoms with Crippen molar-refractivity contribution in [3.05, 3.63) is 71.3 Å². The van der Waals surface area contributed by atoms with Gasteiger partial charge in [-0.3, -0.25) is 15.7 Å². The van der Waals surface area contributed by atoms with E-state index in [-0.39, 0.29) is 5.84 Å². The Kier molecular flexibility index (Phi) is 6.70. The van der Waals surface area contributed by atoms with Crippen LogP contribution in [0.15, 0.2) is 59.6 Å². The fraction of sp³-hybridized carbons (Fsp3) is 0.269. The molecule has 1 aliphatic heterocycles. The average molecular weight is 443 g/mol. The van der Waals surface area contributed by atoms with E-state index in [1.54, 1.807) is 25.3 Å². The first-order valence-corrected chi connectivity index (χ1v) is 11.2. The van der Waals surface area contributed by atoms with Crippen molar-refractivity contribution in [2.45, 2.75) is 19.3 Å². The fourth-order valence-electron chi connectivity index (χ4n) is 4.17. The molecule has 0 saturated carbocycles. The van der Waals surface area contributed by atoms with Gasteiger partial charge in [-0.2, -0.15) is 0 Å². The third kappa shape index (κ3) is 5.21. The van der Waals surface area contributed by atoms with Gasteiger partial charge in [-0.1, -0.05) is 24.6 Å². The minimum atomic E-state index is 0.0733. The zero-order valence-corrected chi connectivity index (χ0v) is 18.9. The Morgan fingerprint density at radius 2 is 1.64 bits per heavy atom. The number of anilines is 1. The maximum Gasteiger partial charge on any atom is 0.153 e. The van der Waals surface area contributed by atoms with Crippen molar-refractivity contribution in [2.75, 3.05) is 32.5 Å². The second-order valence-electron chi connectivity index (χ2n) is 8.39. The average Bonchev–Trinajstić information content (AvgIpc) is 2.83. The molecule has 6 N–H and O–H groups in total. The Labute approximate surface area is 194 Å². The SMILES string of the molecule is COc1ccc2cc(C(=N)c3cc(C(=N)N=C(N)CN4CCCCC4)ccc3N)ccc2c1. The largest absolute Gasteiger partial charge is 0.497 e. The number of amidine groups is 2. The molecule has 0 spiro atoms. The maximum absolute atomic E-state index is 8.77. The van der Waals surface area contributed by atoms with Gasteiger partial charge in [0.2, 0.25) is 0 Å². The van der Waals surface area contributed by atoms with E-state index in [2.05, 4.69) is 9.89 Å². The number of hydrogen-bond donors (Lipinski definition) is 4. The van der Waals surface area contributed by atoms with Crippen LogP contribution in [0.25, 0.3) is 10.8 Å². The monoisotopic (exact) mass is 442 g/mol. The summed E-state index contributed by atoms with van der Waals surface area (Å²) in [5.74, 6) is 1.30. The highest BCUT2D eigenvalue weighted by molar-refractivity contribution is 6.16. The number of hydrogen-bond acceptors (Lipinski definition) is 5. The van der Waals surface area contributed by atoms with Gasteiger partial charge in [0, 0.05) is 22.4 Å². The number of piperidine rings is 1. The molecule has 0 radical (unpaired) electrons. The van der Waals surface area contributed by atoms with Crippen molar-refractivity contribution >= 4 is 33.8 Å². The molecule has 7 heteroatoms. The summed E-state index contributed by atoms with van der Waals surface area (Å²) < 4.78 is 5.29. The van der Waals surface area contributed by atoms with Crippen molar-refractivity contribution in [3.8, 4) is 5.75 Å². The van der Waals surface area contributed by atoms with Crippen LogP contribution in [0.2, 0.25) is 0 Å². The molecule has 0 unspecified atom stereocenters. The van der Waals surface area contributed by atoms with Gasteiger partial charge in [0.05, 0.1) is 19.4 Å². The van der Waals surface area contributed by atoms with E-state index >= 15 is 0 Å². The zero-order valence-electron chi connectivity index (χ0n) is 18.9. The first kappa shape index (κ1) is 22.5. The zero-order chi connectivity index (χ0) is 23.4. The number of benzene rings is 3. The number of likely N-dealkylation sites (tertiary alicyclic amines) is 1. The van der Waals surface area contributed by atoms with Gasteiger partial charge in [0.25, 0.3) is 0 Å². The number of nitrogens with two attached hydrogens (primary N) is 2. The van der Waals surface area contributed by atoms with Crippen molar-refractivity contribution in [2.24, 2.45) is 10.7 Å². The van der Waals surface area contributed by atoms with Crippen LogP contribution in [0.5, 0.6) is 5.75 Å². The molecule has 3 aromatic rings. The summed E-state index contributed by atoms with van der Waals surface area (Å²) in [4.78, 5) is 6.59. The summed E-state index contributed by atoms with van der Waals surface area (Å²) in [6.45, 7) is 2.61. The van der Waals surface area contributed by atoms with Crippen LogP contribution >= 0.6 is 0 Å². The number of fused-ring (bicyclic) bond motifs is 1. The number of nitrogen functional groups attached to an aromatic ring is 1. The summed E-state index contributed by atoms with van der Waals surface area (Å²) >= 11 is 0. The summed E-state index contributed by atoms with van der Waals surface area (Å²) in [6.07, 6.45) is 3.61. The summed E-state index contributed by atoms with van der Waals surface area (Å²) in [5, 5.41) is 19.2. The van der Waals surface area contributed by atoms with E-state index in [4.69, 9.17) is 27.0 Å². The molecule has 0 atom stereocenters. The van der Waals surface area contributed by atoms with Crippen LogP contribution in [0.1, 0.15) is 36.0 Å². The highest BCUT2D eigenvalue weighted by Crippen LogP contribution is 2.25. The molecule has 4 rings (SSSR count). The molecule has 0 aromatic heterocycles. The molecular weight excluding hydrogens is 412 g/mol. The lowest BCUT2D eigenvalue weighted by atomic mass is 9.96. The molecule has 33 heavy (non-hydrogen) atoms. The summed E-state index contributed by atoms with van der Waals surface area (Å²) in [6, 6.07) is 16.9. The van der Waals surface area contributed by atoms with Crippen LogP contribution < -0.4 is 16.2 Å². The van der Waals surface area contributed by atoms with Crippen LogP contribution in [0.3, 0.4) is 0 Å². The normalized spacial score (nSPS) is 14.9. The highest BCUT2D eigenvalue weighted by Gasteiger charge is 2.14. The molecule has 1 heterocycles. The van der Waals surface area contributed by atoms with Crippen LogP contribution in [0, 0.1) is 10.8 Å². The molecule has 0 aliphatic carbocycles. The summed E-state index contributed by atoms with van der Waals surface area (Å²) in [7, 11) is 1.64. The van der Waals surface area contributed by atoms with Crippen LogP contribution in [-0.2, 0) is 0 Å². The molecule has 170 valence electrons. The van der Waals surface area contributed by atoms with E-state index in [9.17, 15) is 0 Å². The Hall–Kier alpha value is -3.71.